The Labute approximate surface area is 374 Å². The number of carboxylic acids is 1. The highest BCUT2D eigenvalue weighted by atomic mass is 35.5. The number of halogens is 1. The third-order valence-corrected chi connectivity index (χ3v) is 20.1. The Bertz CT molecular complexity index is 1880. The minimum absolute atomic E-state index is 0.00515. The van der Waals surface area contributed by atoms with Gasteiger partial charge in [0.05, 0.1) is 17.9 Å². The van der Waals surface area contributed by atoms with E-state index in [4.69, 9.17) is 16.3 Å². The van der Waals surface area contributed by atoms with Crippen LogP contribution in [0.15, 0.2) is 35.4 Å². The summed E-state index contributed by atoms with van der Waals surface area (Å²) in [5.41, 5.74) is 1.11. The number of carboxylic acid groups (broad SMARTS) is 1. The third kappa shape index (κ3) is 7.70. The summed E-state index contributed by atoms with van der Waals surface area (Å²) in [6, 6.07) is 8.20. The topological polar surface area (TPSA) is 104 Å². The van der Waals surface area contributed by atoms with Crippen LogP contribution in [0.4, 0.5) is 0 Å². The zero-order chi connectivity index (χ0) is 45.4. The van der Waals surface area contributed by atoms with Crippen molar-refractivity contribution in [1.29, 1.82) is 0 Å². The average Bonchev–Trinajstić information content (AvgIpc) is 3.49. The Morgan fingerprint density at radius 3 is 2.16 bits per heavy atom. The molecule has 0 saturated heterocycles. The van der Waals surface area contributed by atoms with E-state index in [9.17, 15) is 24.6 Å². The molecule has 8 heteroatoms. The van der Waals surface area contributed by atoms with Gasteiger partial charge >= 0.3 is 11.9 Å². The van der Waals surface area contributed by atoms with E-state index in [2.05, 4.69) is 93.4 Å². The lowest BCUT2D eigenvalue weighted by Crippen LogP contribution is -2.71. The van der Waals surface area contributed by atoms with Gasteiger partial charge in [-0.15, -0.1) is 0 Å². The molecule has 6 rings (SSSR count). The van der Waals surface area contributed by atoms with Gasteiger partial charge in [-0.05, 0) is 192 Å². The molecule has 1 aromatic carbocycles. The number of carbonyl (C=O) groups excluding carboxylic acids is 2. The summed E-state index contributed by atoms with van der Waals surface area (Å²) in [5.74, 6) is -0.163. The number of aliphatic hydroxyl groups excluding tert-OH is 1. The molecule has 10 atom stereocenters. The maximum atomic E-state index is 14.5. The van der Waals surface area contributed by atoms with Gasteiger partial charge in [0.25, 0.3) is 0 Å². The molecule has 5 aliphatic carbocycles. The third-order valence-electron chi connectivity index (χ3n) is 19.9. The molecule has 0 aromatic heterocycles. The molecule has 1 unspecified atom stereocenters. The van der Waals surface area contributed by atoms with E-state index in [1.54, 1.807) is 13.8 Å². The zero-order valence-corrected chi connectivity index (χ0v) is 41.1. The van der Waals surface area contributed by atoms with Crippen LogP contribution in [0.25, 0.3) is 0 Å². The fourth-order valence-electron chi connectivity index (χ4n) is 15.2. The first-order chi connectivity index (χ1) is 28.2. The van der Waals surface area contributed by atoms with Crippen LogP contribution in [0, 0.1) is 61.1 Å². The molecule has 7 nitrogen and oxygen atoms in total. The van der Waals surface area contributed by atoms with Gasteiger partial charge in [-0.1, -0.05) is 86.0 Å². The molecular weight excluding hydrogens is 782 g/mol. The summed E-state index contributed by atoms with van der Waals surface area (Å²) < 4.78 is 6.29. The summed E-state index contributed by atoms with van der Waals surface area (Å²) in [6.07, 6.45) is 11.8. The first-order valence-corrected chi connectivity index (χ1v) is 24.3. The highest BCUT2D eigenvalue weighted by Gasteiger charge is 2.76. The number of rotatable bonds is 15. The van der Waals surface area contributed by atoms with Crippen molar-refractivity contribution in [2.24, 2.45) is 61.1 Å². The Balaban J connectivity index is 1.29. The van der Waals surface area contributed by atoms with Crippen molar-refractivity contribution < 1.29 is 29.3 Å². The van der Waals surface area contributed by atoms with E-state index in [-0.39, 0.29) is 56.7 Å². The van der Waals surface area contributed by atoms with E-state index in [1.807, 2.05) is 12.1 Å². The van der Waals surface area contributed by atoms with Gasteiger partial charge in [0.15, 0.2) is 5.78 Å². The minimum Gasteiger partial charge on any atom is -0.481 e. The largest absolute Gasteiger partial charge is 0.481 e. The van der Waals surface area contributed by atoms with Crippen LogP contribution in [-0.4, -0.2) is 65.7 Å². The van der Waals surface area contributed by atoms with Gasteiger partial charge < -0.3 is 19.8 Å². The fraction of sp³-hybridized carbons (Fsp3) is 0.792. The molecule has 0 spiro atoms. The predicted octanol–water partition coefficient (Wildman–Crippen LogP) is 12.2. The molecule has 0 bridgehead atoms. The van der Waals surface area contributed by atoms with Crippen molar-refractivity contribution in [3.05, 3.63) is 46.0 Å². The summed E-state index contributed by atoms with van der Waals surface area (Å²) in [4.78, 5) is 41.9. The van der Waals surface area contributed by atoms with Gasteiger partial charge in [-0.2, -0.15) is 0 Å². The van der Waals surface area contributed by atoms with Crippen LogP contribution in [0.5, 0.6) is 0 Å². The number of aliphatic hydroxyl groups is 1. The molecule has 5 aliphatic rings. The van der Waals surface area contributed by atoms with Crippen LogP contribution in [-0.2, 0) is 25.5 Å². The number of Topliss-reactive ketones (excluding diaryl/α,β-unsaturated/α-hetero) is 1. The van der Waals surface area contributed by atoms with Gasteiger partial charge in [-0.3, -0.25) is 14.4 Å². The first kappa shape index (κ1) is 48.2. The first-order valence-electron chi connectivity index (χ1n) is 23.9. The Morgan fingerprint density at radius 1 is 0.885 bits per heavy atom. The van der Waals surface area contributed by atoms with E-state index in [1.165, 1.54) is 11.1 Å². The molecule has 0 heterocycles. The average molecular weight is 865 g/mol. The lowest BCUT2D eigenvalue weighted by atomic mass is 9.27. The van der Waals surface area contributed by atoms with Crippen LogP contribution in [0.1, 0.15) is 172 Å². The molecule has 4 saturated carbocycles. The monoisotopic (exact) mass is 864 g/mol. The van der Waals surface area contributed by atoms with Gasteiger partial charge in [-0.25, -0.2) is 0 Å². The number of hydrogen-bond acceptors (Lipinski definition) is 6. The second-order valence-electron chi connectivity index (χ2n) is 23.9. The van der Waals surface area contributed by atoms with Crippen LogP contribution in [0.3, 0.4) is 0 Å². The number of ether oxygens (including phenoxy) is 1. The van der Waals surface area contributed by atoms with Gasteiger partial charge in [0.2, 0.25) is 0 Å². The number of nitrogens with zero attached hydrogens (tertiary/aromatic N) is 1. The van der Waals surface area contributed by atoms with Crippen LogP contribution < -0.4 is 0 Å². The number of esters is 1. The molecule has 0 aliphatic heterocycles. The lowest BCUT2D eigenvalue weighted by Gasteiger charge is -2.77. The molecule has 342 valence electrons. The Hall–Kier alpha value is -2.22. The molecule has 2 N–H and O–H groups in total. The van der Waals surface area contributed by atoms with Crippen LogP contribution >= 0.6 is 11.6 Å². The number of hydrogen-bond donors (Lipinski definition) is 2. The highest BCUT2D eigenvalue weighted by molar-refractivity contribution is 6.30. The Kier molecular flexibility index (Phi) is 13.2. The fourth-order valence-corrected chi connectivity index (χ4v) is 15.4. The van der Waals surface area contributed by atoms with Crippen molar-refractivity contribution in [2.75, 3.05) is 20.6 Å². The minimum atomic E-state index is -1.18. The quantitative estimate of drug-likeness (QED) is 0.169. The predicted molar refractivity (Wildman–Crippen MR) is 246 cm³/mol. The molecule has 61 heavy (non-hydrogen) atoms. The number of carbonyl (C=O) groups is 3. The van der Waals surface area contributed by atoms with E-state index >= 15 is 0 Å². The standard InChI is InChI=1S/C53H82ClNO6/c1-34(2)43-38(56)32-53(40(57)20-19-35(23-30-55(12)13)17-18-36-15-14-16-37(54)31-36)29-28-52(11)49(8)26-27-51(10)47(5,6)41(61-42(58)33-46(3,4)45(59)60)22-25-48(51,7)39(49)21-24-50(52,9)44(43)53/h14-16,31,34-35,39-41,57H,17-30,32-33H2,1-13H3,(H,59,60)/t35?,39-,40+,41+,48-,49-,50-,51+,52+,53+/m1/s1. The van der Waals surface area contributed by atoms with Crippen molar-refractivity contribution in [3.63, 3.8) is 0 Å². The number of aryl methyl sites for hydroxylation is 1. The second-order valence-corrected chi connectivity index (χ2v) is 24.4. The molecule has 0 radical (unpaired) electrons. The number of benzene rings is 1. The van der Waals surface area contributed by atoms with Crippen molar-refractivity contribution >= 4 is 29.3 Å². The molecule has 0 amide bonds. The molecule has 4 fully saturated rings. The van der Waals surface area contributed by atoms with Gasteiger partial charge in [0.1, 0.15) is 6.10 Å². The maximum Gasteiger partial charge on any atom is 0.309 e. The lowest BCUT2D eigenvalue weighted by molar-refractivity contribution is -0.283. The summed E-state index contributed by atoms with van der Waals surface area (Å²) in [7, 11) is 4.27. The zero-order valence-electron chi connectivity index (χ0n) is 40.4. The normalized spacial score (nSPS) is 36.8. The summed E-state index contributed by atoms with van der Waals surface area (Å²) in [6.45, 7) is 25.8. The van der Waals surface area contributed by atoms with Gasteiger partial charge in [0, 0.05) is 22.3 Å². The van der Waals surface area contributed by atoms with E-state index in [0.717, 1.165) is 94.2 Å². The highest BCUT2D eigenvalue weighted by Crippen LogP contribution is 2.82. The second kappa shape index (κ2) is 16.6. The number of ketones is 1. The molecule has 1 aromatic rings. The number of aliphatic carboxylic acids is 1. The summed E-state index contributed by atoms with van der Waals surface area (Å²) >= 11 is 6.36. The van der Waals surface area contributed by atoms with Crippen LogP contribution in [0.2, 0.25) is 5.02 Å². The number of allylic oxidation sites excluding steroid dienone is 1. The van der Waals surface area contributed by atoms with E-state index in [0.29, 0.717) is 24.7 Å². The Morgan fingerprint density at radius 2 is 1.54 bits per heavy atom. The van der Waals surface area contributed by atoms with E-state index < -0.39 is 28.9 Å². The smallest absolute Gasteiger partial charge is 0.309 e. The van der Waals surface area contributed by atoms with Crippen molar-refractivity contribution in [1.82, 2.24) is 4.90 Å². The molecular formula is C53H82ClNO6. The SMILES string of the molecule is CC(C)C1=C2[C@@]([C@@H](O)CCC(CCc3cccc(Cl)c3)CCN(C)C)(CC[C@]3(C)[C@]2(C)CC[C@H]2[C@@]3(C)CC[C@@]3(C)C(C)(C)[C@@H](OC(=O)CC(C)(C)C(=O)O)CC[C@]23C)CC1=O. The maximum absolute atomic E-state index is 14.5. The number of fused-ring (bicyclic) bond motifs is 7. The van der Waals surface area contributed by atoms with Crippen molar-refractivity contribution in [3.8, 4) is 0 Å². The summed E-state index contributed by atoms with van der Waals surface area (Å²) in [5, 5.41) is 23.3. The van der Waals surface area contributed by atoms with Crippen molar-refractivity contribution in [2.45, 2.75) is 185 Å².